The molecule has 0 fully saturated rings. The summed E-state index contributed by atoms with van der Waals surface area (Å²) < 4.78 is 27.1. The van der Waals surface area contributed by atoms with Gasteiger partial charge in [0.05, 0.1) is 18.4 Å². The van der Waals surface area contributed by atoms with Crippen LogP contribution < -0.4 is 11.1 Å². The minimum atomic E-state index is -3.09. The Hall–Kier alpha value is -1.76. The van der Waals surface area contributed by atoms with Crippen LogP contribution in [0.15, 0.2) is 18.2 Å². The van der Waals surface area contributed by atoms with Crippen LogP contribution in [-0.2, 0) is 14.6 Å². The molecule has 0 heterocycles. The zero-order valence-corrected chi connectivity index (χ0v) is 12.0. The number of carbonyl (C=O) groups is 1. The monoisotopic (exact) mass is 286 g/mol. The number of nitrogens with one attached hydrogen (secondary N) is 1. The Morgan fingerprint density at radius 1 is 1.47 bits per heavy atom. The number of nitrogen functional groups attached to an aromatic ring is 1. The van der Waals surface area contributed by atoms with E-state index in [1.807, 2.05) is 0 Å². The van der Waals surface area contributed by atoms with Gasteiger partial charge in [0.2, 0.25) is 0 Å². The third-order valence-electron chi connectivity index (χ3n) is 2.40. The van der Waals surface area contributed by atoms with E-state index in [0.29, 0.717) is 11.4 Å². The fourth-order valence-electron chi connectivity index (χ4n) is 1.73. The highest BCUT2D eigenvalue weighted by Crippen LogP contribution is 2.20. The second-order valence-electron chi connectivity index (χ2n) is 4.43. The molecule has 19 heavy (non-hydrogen) atoms. The van der Waals surface area contributed by atoms with Crippen molar-refractivity contribution in [2.45, 2.75) is 13.0 Å². The highest BCUT2D eigenvalue weighted by atomic mass is 32.2. The fourth-order valence-corrected chi connectivity index (χ4v) is 2.72. The van der Waals surface area contributed by atoms with Crippen LogP contribution in [0.2, 0.25) is 0 Å². The minimum Gasteiger partial charge on any atom is -0.465 e. The van der Waals surface area contributed by atoms with Gasteiger partial charge >= 0.3 is 5.97 Å². The first-order valence-corrected chi connectivity index (χ1v) is 7.71. The van der Waals surface area contributed by atoms with Crippen LogP contribution >= 0.6 is 0 Å². The van der Waals surface area contributed by atoms with Crippen LogP contribution in [0, 0.1) is 0 Å². The van der Waals surface area contributed by atoms with Crippen LogP contribution in [0.25, 0.3) is 0 Å². The minimum absolute atomic E-state index is 0.0298. The van der Waals surface area contributed by atoms with Gasteiger partial charge in [-0.2, -0.15) is 0 Å². The van der Waals surface area contributed by atoms with E-state index in [2.05, 4.69) is 10.1 Å². The summed E-state index contributed by atoms with van der Waals surface area (Å²) in [5, 5.41) is 2.97. The molecule has 1 aromatic rings. The smallest absolute Gasteiger partial charge is 0.340 e. The first-order chi connectivity index (χ1) is 8.73. The van der Waals surface area contributed by atoms with Crippen molar-refractivity contribution in [1.82, 2.24) is 0 Å². The predicted octanol–water partition coefficient (Wildman–Crippen LogP) is 0.900. The Morgan fingerprint density at radius 3 is 2.63 bits per heavy atom. The molecule has 1 aromatic carbocycles. The summed E-state index contributed by atoms with van der Waals surface area (Å²) in [6.07, 6.45) is 1.16. The average molecular weight is 286 g/mol. The number of carbonyl (C=O) groups excluding carboxylic acids is 1. The second-order valence-corrected chi connectivity index (χ2v) is 6.62. The fraction of sp³-hybridized carbons (Fsp3) is 0.417. The van der Waals surface area contributed by atoms with Crippen LogP contribution in [0.3, 0.4) is 0 Å². The molecule has 0 spiro atoms. The number of esters is 1. The Bertz CT molecular complexity index is 569. The number of hydrogen-bond acceptors (Lipinski definition) is 6. The van der Waals surface area contributed by atoms with Gasteiger partial charge in [0, 0.05) is 23.7 Å². The van der Waals surface area contributed by atoms with E-state index in [1.165, 1.54) is 13.2 Å². The van der Waals surface area contributed by atoms with Gasteiger partial charge in [0.15, 0.2) is 0 Å². The number of methoxy groups -OCH3 is 1. The van der Waals surface area contributed by atoms with Crippen molar-refractivity contribution >= 4 is 27.2 Å². The van der Waals surface area contributed by atoms with Crippen LogP contribution in [-0.4, -0.2) is 39.5 Å². The lowest BCUT2D eigenvalue weighted by Crippen LogP contribution is -2.26. The SMILES string of the molecule is COC(=O)c1cc(N)ccc1NC(C)CS(C)(=O)=O. The molecular formula is C12H18N2O4S. The van der Waals surface area contributed by atoms with Gasteiger partial charge in [-0.3, -0.25) is 0 Å². The lowest BCUT2D eigenvalue weighted by Gasteiger charge is -2.17. The number of hydrogen-bond donors (Lipinski definition) is 2. The third-order valence-corrected chi connectivity index (χ3v) is 3.51. The summed E-state index contributed by atoms with van der Waals surface area (Å²) >= 11 is 0. The van der Waals surface area contributed by atoms with Crippen LogP contribution in [0.4, 0.5) is 11.4 Å². The van der Waals surface area contributed by atoms with Crippen molar-refractivity contribution in [2.24, 2.45) is 0 Å². The van der Waals surface area contributed by atoms with Crippen molar-refractivity contribution in [3.05, 3.63) is 23.8 Å². The molecule has 3 N–H and O–H groups in total. The van der Waals surface area contributed by atoms with Crippen molar-refractivity contribution in [3.8, 4) is 0 Å². The molecule has 0 aromatic heterocycles. The Labute approximate surface area is 112 Å². The maximum Gasteiger partial charge on any atom is 0.340 e. The predicted molar refractivity (Wildman–Crippen MR) is 75.0 cm³/mol. The zero-order chi connectivity index (χ0) is 14.6. The first-order valence-electron chi connectivity index (χ1n) is 5.65. The maximum absolute atomic E-state index is 11.6. The molecule has 1 atom stereocenters. The van der Waals surface area contributed by atoms with E-state index in [4.69, 9.17) is 5.73 Å². The van der Waals surface area contributed by atoms with Crippen molar-refractivity contribution in [1.29, 1.82) is 0 Å². The summed E-state index contributed by atoms with van der Waals surface area (Å²) in [4.78, 5) is 11.6. The summed E-state index contributed by atoms with van der Waals surface area (Å²) in [6, 6.07) is 4.41. The molecule has 0 aliphatic carbocycles. The lowest BCUT2D eigenvalue weighted by atomic mass is 10.1. The number of sulfone groups is 1. The summed E-state index contributed by atoms with van der Waals surface area (Å²) in [6.45, 7) is 1.72. The number of rotatable bonds is 5. The summed E-state index contributed by atoms with van der Waals surface area (Å²) in [7, 11) is -1.82. The molecule has 0 aliphatic heterocycles. The van der Waals surface area contributed by atoms with Gasteiger partial charge in [-0.15, -0.1) is 0 Å². The highest BCUT2D eigenvalue weighted by molar-refractivity contribution is 7.90. The topological polar surface area (TPSA) is 98.5 Å². The number of anilines is 2. The van der Waals surface area contributed by atoms with Crippen LogP contribution in [0.5, 0.6) is 0 Å². The number of nitrogens with two attached hydrogens (primary N) is 1. The zero-order valence-electron chi connectivity index (χ0n) is 11.1. The molecule has 1 rings (SSSR count). The van der Waals surface area contributed by atoms with E-state index in [1.54, 1.807) is 19.1 Å². The average Bonchev–Trinajstić information content (AvgIpc) is 2.28. The Balaban J connectivity index is 2.97. The molecule has 7 heteroatoms. The largest absolute Gasteiger partial charge is 0.465 e. The van der Waals surface area contributed by atoms with E-state index < -0.39 is 15.8 Å². The quantitative estimate of drug-likeness (QED) is 0.616. The first kappa shape index (κ1) is 15.3. The van der Waals surface area contributed by atoms with E-state index in [9.17, 15) is 13.2 Å². The normalized spacial score (nSPS) is 12.8. The summed E-state index contributed by atoms with van der Waals surface area (Å²) in [5.41, 5.74) is 6.83. The number of ether oxygens (including phenoxy) is 1. The lowest BCUT2D eigenvalue weighted by molar-refractivity contribution is 0.0602. The maximum atomic E-state index is 11.6. The molecule has 6 nitrogen and oxygen atoms in total. The second kappa shape index (κ2) is 5.92. The third kappa shape index (κ3) is 4.78. The van der Waals surface area contributed by atoms with Crippen molar-refractivity contribution in [2.75, 3.05) is 30.2 Å². The van der Waals surface area contributed by atoms with E-state index in [-0.39, 0.29) is 17.4 Å². The van der Waals surface area contributed by atoms with Gasteiger partial charge in [0.1, 0.15) is 9.84 Å². The molecule has 0 saturated carbocycles. The van der Waals surface area contributed by atoms with Crippen molar-refractivity contribution in [3.63, 3.8) is 0 Å². The molecule has 0 radical (unpaired) electrons. The van der Waals surface area contributed by atoms with Crippen molar-refractivity contribution < 1.29 is 17.9 Å². The van der Waals surface area contributed by atoms with Crippen LogP contribution in [0.1, 0.15) is 17.3 Å². The standard InChI is InChI=1S/C12H18N2O4S/c1-8(7-19(3,16)17)14-11-5-4-9(13)6-10(11)12(15)18-2/h4-6,8,14H,7,13H2,1-3H3. The highest BCUT2D eigenvalue weighted by Gasteiger charge is 2.16. The van der Waals surface area contributed by atoms with Gasteiger partial charge in [0.25, 0.3) is 0 Å². The van der Waals surface area contributed by atoms with Gasteiger partial charge in [-0.25, -0.2) is 13.2 Å². The van der Waals surface area contributed by atoms with Gasteiger partial charge in [-0.05, 0) is 25.1 Å². The molecular weight excluding hydrogens is 268 g/mol. The van der Waals surface area contributed by atoms with E-state index >= 15 is 0 Å². The van der Waals surface area contributed by atoms with Gasteiger partial charge in [-0.1, -0.05) is 0 Å². The summed E-state index contributed by atoms with van der Waals surface area (Å²) in [5.74, 6) is -0.556. The van der Waals surface area contributed by atoms with Gasteiger partial charge < -0.3 is 15.8 Å². The Morgan fingerprint density at radius 2 is 2.11 bits per heavy atom. The molecule has 0 aliphatic rings. The molecule has 0 bridgehead atoms. The molecule has 0 saturated heterocycles. The Kier molecular flexibility index (Phi) is 4.77. The molecule has 1 unspecified atom stereocenters. The molecule has 106 valence electrons. The number of benzene rings is 1. The molecule has 0 amide bonds. The van der Waals surface area contributed by atoms with E-state index in [0.717, 1.165) is 6.26 Å².